The van der Waals surface area contributed by atoms with Crippen LogP contribution in [-0.4, -0.2) is 22.5 Å². The molecule has 0 radical (unpaired) electrons. The average molecular weight is 317 g/mol. The third-order valence-corrected chi connectivity index (χ3v) is 4.26. The topological polar surface area (TPSA) is 79.5 Å². The number of fused-ring (bicyclic) bond motifs is 1. The maximum absolute atomic E-state index is 12.3. The van der Waals surface area contributed by atoms with Gasteiger partial charge in [-0.15, -0.1) is 0 Å². The van der Waals surface area contributed by atoms with E-state index in [1.807, 2.05) is 32.9 Å². The Morgan fingerprint density at radius 2 is 1.91 bits per heavy atom. The molecule has 124 valence electrons. The van der Waals surface area contributed by atoms with Crippen molar-refractivity contribution in [1.29, 1.82) is 0 Å². The molecular weight excluding hydrogens is 294 g/mol. The molecule has 23 heavy (non-hydrogen) atoms. The smallest absolute Gasteiger partial charge is 0.329 e. The van der Waals surface area contributed by atoms with E-state index < -0.39 is 11.5 Å². The molecule has 0 bridgehead atoms. The summed E-state index contributed by atoms with van der Waals surface area (Å²) in [6, 6.07) is 3.95. The van der Waals surface area contributed by atoms with Crippen LogP contribution in [0.2, 0.25) is 0 Å². The van der Waals surface area contributed by atoms with Crippen LogP contribution < -0.4 is 5.32 Å². The van der Waals surface area contributed by atoms with Crippen LogP contribution in [0.25, 0.3) is 11.0 Å². The van der Waals surface area contributed by atoms with Crippen molar-refractivity contribution in [3.8, 4) is 0 Å². The highest BCUT2D eigenvalue weighted by Gasteiger charge is 2.33. The molecule has 0 saturated carbocycles. The van der Waals surface area contributed by atoms with Crippen molar-refractivity contribution >= 4 is 22.8 Å². The molecule has 5 nitrogen and oxygen atoms in total. The molecule has 1 aromatic carbocycles. The van der Waals surface area contributed by atoms with E-state index in [0.717, 1.165) is 27.7 Å². The molecule has 0 saturated heterocycles. The minimum atomic E-state index is -1.24. The van der Waals surface area contributed by atoms with Crippen molar-refractivity contribution in [2.24, 2.45) is 0 Å². The number of carboxylic acid groups (broad SMARTS) is 1. The van der Waals surface area contributed by atoms with Crippen molar-refractivity contribution in [3.63, 3.8) is 0 Å². The lowest BCUT2D eigenvalue weighted by Gasteiger charge is -2.25. The number of nitrogens with one attached hydrogen (secondary N) is 1. The molecule has 2 aromatic rings. The lowest BCUT2D eigenvalue weighted by molar-refractivity contribution is -0.147. The molecule has 0 spiro atoms. The van der Waals surface area contributed by atoms with Gasteiger partial charge in [-0.1, -0.05) is 13.3 Å². The first-order valence-corrected chi connectivity index (χ1v) is 7.78. The van der Waals surface area contributed by atoms with Crippen molar-refractivity contribution in [1.82, 2.24) is 5.32 Å². The van der Waals surface area contributed by atoms with Gasteiger partial charge in [-0.05, 0) is 50.5 Å². The second-order valence-corrected chi connectivity index (χ2v) is 6.31. The molecule has 5 heteroatoms. The number of hydrogen-bond acceptors (Lipinski definition) is 3. The third kappa shape index (κ3) is 3.55. The second-order valence-electron chi connectivity index (χ2n) is 6.31. The summed E-state index contributed by atoms with van der Waals surface area (Å²) in [5, 5.41) is 12.9. The number of carboxylic acids is 1. The lowest BCUT2D eigenvalue weighted by Crippen LogP contribution is -2.52. The predicted molar refractivity (Wildman–Crippen MR) is 88.5 cm³/mol. The fourth-order valence-corrected chi connectivity index (χ4v) is 2.72. The van der Waals surface area contributed by atoms with Crippen LogP contribution in [0.5, 0.6) is 0 Å². The zero-order valence-electron chi connectivity index (χ0n) is 14.0. The summed E-state index contributed by atoms with van der Waals surface area (Å²) in [6.07, 6.45) is 2.73. The fraction of sp³-hybridized carbons (Fsp3) is 0.444. The van der Waals surface area contributed by atoms with Crippen molar-refractivity contribution in [2.75, 3.05) is 0 Å². The van der Waals surface area contributed by atoms with Crippen LogP contribution in [-0.2, 0) is 16.0 Å². The molecule has 1 unspecified atom stereocenters. The SMILES string of the molecule is CCCC(C)(NC(=O)Cc1coc2cc(C)c(C)cc12)C(=O)O. The number of aryl methyl sites for hydroxylation is 2. The van der Waals surface area contributed by atoms with Gasteiger partial charge in [-0.2, -0.15) is 0 Å². The molecule has 0 aliphatic rings. The Kier molecular flexibility index (Phi) is 4.78. The number of carbonyl (C=O) groups is 2. The zero-order chi connectivity index (χ0) is 17.2. The third-order valence-electron chi connectivity index (χ3n) is 4.26. The van der Waals surface area contributed by atoms with Crippen molar-refractivity contribution in [2.45, 2.75) is 52.5 Å². The first-order valence-electron chi connectivity index (χ1n) is 7.78. The first-order chi connectivity index (χ1) is 10.8. The van der Waals surface area contributed by atoms with Gasteiger partial charge >= 0.3 is 5.97 Å². The van der Waals surface area contributed by atoms with Gasteiger partial charge in [-0.25, -0.2) is 4.79 Å². The molecule has 2 N–H and O–H groups in total. The zero-order valence-corrected chi connectivity index (χ0v) is 14.0. The van der Waals surface area contributed by atoms with Crippen LogP contribution >= 0.6 is 0 Å². The Bertz CT molecular complexity index is 747. The van der Waals surface area contributed by atoms with Gasteiger partial charge in [-0.3, -0.25) is 4.79 Å². The Morgan fingerprint density at radius 1 is 1.26 bits per heavy atom. The number of furan rings is 1. The van der Waals surface area contributed by atoms with Crippen LogP contribution in [0.1, 0.15) is 43.4 Å². The molecular formula is C18H23NO4. The second kappa shape index (κ2) is 6.44. The van der Waals surface area contributed by atoms with Gasteiger partial charge in [0, 0.05) is 10.9 Å². The standard InChI is InChI=1S/C18H23NO4/c1-5-6-18(4,17(21)22)19-16(20)9-13-10-23-15-8-12(3)11(2)7-14(13)15/h7-8,10H,5-6,9H2,1-4H3,(H,19,20)(H,21,22). The summed E-state index contributed by atoms with van der Waals surface area (Å²) >= 11 is 0. The van der Waals surface area contributed by atoms with E-state index in [9.17, 15) is 14.7 Å². The molecule has 1 heterocycles. The summed E-state index contributed by atoms with van der Waals surface area (Å²) in [6.45, 7) is 7.45. The molecule has 0 aliphatic carbocycles. The van der Waals surface area contributed by atoms with Crippen LogP contribution in [0.15, 0.2) is 22.8 Å². The predicted octanol–water partition coefficient (Wildman–Crippen LogP) is 3.35. The number of carbonyl (C=O) groups excluding carboxylic acids is 1. The van der Waals surface area contributed by atoms with Gasteiger partial charge in [0.1, 0.15) is 11.1 Å². The Labute approximate surface area is 135 Å². The summed E-state index contributed by atoms with van der Waals surface area (Å²) in [5.41, 5.74) is 2.53. The van der Waals surface area contributed by atoms with E-state index in [-0.39, 0.29) is 12.3 Å². The largest absolute Gasteiger partial charge is 0.480 e. The average Bonchev–Trinajstić information content (AvgIpc) is 2.81. The number of rotatable bonds is 6. The quantitative estimate of drug-likeness (QED) is 0.856. The van der Waals surface area contributed by atoms with Gasteiger partial charge in [0.25, 0.3) is 0 Å². The van der Waals surface area contributed by atoms with Crippen LogP contribution in [0.3, 0.4) is 0 Å². The van der Waals surface area contributed by atoms with Gasteiger partial charge in [0.15, 0.2) is 0 Å². The van der Waals surface area contributed by atoms with Crippen molar-refractivity contribution < 1.29 is 19.1 Å². The molecule has 0 fully saturated rings. The van der Waals surface area contributed by atoms with E-state index in [1.54, 1.807) is 6.26 Å². The summed E-state index contributed by atoms with van der Waals surface area (Å²) in [5.74, 6) is -1.33. The summed E-state index contributed by atoms with van der Waals surface area (Å²) in [7, 11) is 0. The van der Waals surface area contributed by atoms with Gasteiger partial charge in [0.05, 0.1) is 12.7 Å². The maximum atomic E-state index is 12.3. The minimum absolute atomic E-state index is 0.0993. The van der Waals surface area contributed by atoms with E-state index in [2.05, 4.69) is 5.32 Å². The lowest BCUT2D eigenvalue weighted by atomic mass is 9.95. The normalized spacial score (nSPS) is 13.7. The molecule has 1 atom stereocenters. The van der Waals surface area contributed by atoms with Crippen LogP contribution in [0, 0.1) is 13.8 Å². The number of benzene rings is 1. The number of aliphatic carboxylic acids is 1. The Hall–Kier alpha value is -2.30. The Balaban J connectivity index is 2.20. The monoisotopic (exact) mass is 317 g/mol. The summed E-state index contributed by atoms with van der Waals surface area (Å²) < 4.78 is 5.51. The Morgan fingerprint density at radius 3 is 2.52 bits per heavy atom. The molecule has 1 aromatic heterocycles. The molecule has 0 aliphatic heterocycles. The van der Waals surface area contributed by atoms with E-state index in [4.69, 9.17) is 4.42 Å². The first kappa shape index (κ1) is 17.1. The highest BCUT2D eigenvalue weighted by molar-refractivity contribution is 5.91. The fourth-order valence-electron chi connectivity index (χ4n) is 2.72. The maximum Gasteiger partial charge on any atom is 0.329 e. The minimum Gasteiger partial charge on any atom is -0.480 e. The van der Waals surface area contributed by atoms with Crippen LogP contribution in [0.4, 0.5) is 0 Å². The van der Waals surface area contributed by atoms with E-state index in [0.29, 0.717) is 12.8 Å². The highest BCUT2D eigenvalue weighted by Crippen LogP contribution is 2.25. The summed E-state index contributed by atoms with van der Waals surface area (Å²) in [4.78, 5) is 23.7. The van der Waals surface area contributed by atoms with E-state index >= 15 is 0 Å². The van der Waals surface area contributed by atoms with E-state index in [1.165, 1.54) is 6.92 Å². The number of amides is 1. The molecule has 1 amide bonds. The van der Waals surface area contributed by atoms with Gasteiger partial charge < -0.3 is 14.8 Å². The molecule has 2 rings (SSSR count). The van der Waals surface area contributed by atoms with Gasteiger partial charge in [0.2, 0.25) is 5.91 Å². The highest BCUT2D eigenvalue weighted by atomic mass is 16.4. The van der Waals surface area contributed by atoms with Crippen molar-refractivity contribution in [3.05, 3.63) is 35.1 Å². The number of hydrogen-bond donors (Lipinski definition) is 2.